The molecule has 1 aromatic carbocycles. The molecule has 0 amide bonds. The molecule has 0 saturated heterocycles. The number of aliphatic carboxylic acids is 1. The van der Waals surface area contributed by atoms with Crippen molar-refractivity contribution in [3.8, 4) is 0 Å². The first-order chi connectivity index (χ1) is 9.02. The Balaban J connectivity index is 3.06. The first-order valence-corrected chi connectivity index (χ1v) is 7.81. The zero-order chi connectivity index (χ0) is 15.6. The molecule has 1 atom stereocenters. The third-order valence-electron chi connectivity index (χ3n) is 3.02. The van der Waals surface area contributed by atoms with Gasteiger partial charge in [-0.15, -0.1) is 0 Å². The lowest BCUT2D eigenvalue weighted by Gasteiger charge is -2.30. The molecule has 20 heavy (non-hydrogen) atoms. The maximum Gasteiger partial charge on any atom is 0.304 e. The molecule has 0 spiro atoms. The van der Waals surface area contributed by atoms with Gasteiger partial charge in [-0.2, -0.15) is 0 Å². The number of carbonyl (C=O) groups is 1. The minimum absolute atomic E-state index is 0.150. The Kier molecular flexibility index (Phi) is 4.94. The highest BCUT2D eigenvalue weighted by atomic mass is 32.2. The van der Waals surface area contributed by atoms with Gasteiger partial charge in [-0.25, -0.2) is 13.1 Å². The standard InChI is InChI=1S/C14H21NO4S/c1-10-6-5-7-11(8-10)20(18,19)15-12(9-13(16)17)14(2,3)4/h5-8,12,15H,9H2,1-4H3,(H,16,17). The van der Waals surface area contributed by atoms with Crippen molar-refractivity contribution in [1.29, 1.82) is 0 Å². The lowest BCUT2D eigenvalue weighted by atomic mass is 9.85. The second-order valence-electron chi connectivity index (χ2n) is 5.95. The minimum atomic E-state index is -3.72. The van der Waals surface area contributed by atoms with Crippen LogP contribution in [0, 0.1) is 12.3 Å². The summed E-state index contributed by atoms with van der Waals surface area (Å²) in [5.74, 6) is -1.03. The second-order valence-corrected chi connectivity index (χ2v) is 7.67. The van der Waals surface area contributed by atoms with Crippen LogP contribution in [0.3, 0.4) is 0 Å². The summed E-state index contributed by atoms with van der Waals surface area (Å²) in [5.41, 5.74) is 0.341. The zero-order valence-electron chi connectivity index (χ0n) is 12.2. The van der Waals surface area contributed by atoms with Gasteiger partial charge >= 0.3 is 5.97 Å². The van der Waals surface area contributed by atoms with Crippen molar-refractivity contribution in [3.05, 3.63) is 29.8 Å². The lowest BCUT2D eigenvalue weighted by Crippen LogP contribution is -2.44. The quantitative estimate of drug-likeness (QED) is 0.872. The number of nitrogens with one attached hydrogen (secondary N) is 1. The molecule has 0 aromatic heterocycles. The van der Waals surface area contributed by atoms with Gasteiger partial charge in [0.05, 0.1) is 11.3 Å². The van der Waals surface area contributed by atoms with E-state index in [1.807, 2.05) is 0 Å². The number of aryl methyl sites for hydroxylation is 1. The maximum absolute atomic E-state index is 12.3. The van der Waals surface area contributed by atoms with Crippen LogP contribution in [0.5, 0.6) is 0 Å². The number of carboxylic acid groups (broad SMARTS) is 1. The lowest BCUT2D eigenvalue weighted by molar-refractivity contribution is -0.138. The third kappa shape index (κ3) is 4.61. The predicted octanol–water partition coefficient (Wildman–Crippen LogP) is 2.16. The van der Waals surface area contributed by atoms with Crippen molar-refractivity contribution in [2.24, 2.45) is 5.41 Å². The fourth-order valence-corrected chi connectivity index (χ4v) is 3.28. The van der Waals surface area contributed by atoms with E-state index in [2.05, 4.69) is 4.72 Å². The number of benzene rings is 1. The Morgan fingerprint density at radius 3 is 2.40 bits per heavy atom. The summed E-state index contributed by atoms with van der Waals surface area (Å²) in [6.07, 6.45) is -0.255. The van der Waals surface area contributed by atoms with Gasteiger partial charge in [0.25, 0.3) is 0 Å². The van der Waals surface area contributed by atoms with Crippen LogP contribution in [-0.2, 0) is 14.8 Å². The Bertz CT molecular complexity index is 587. The van der Waals surface area contributed by atoms with Crippen molar-refractivity contribution in [2.75, 3.05) is 0 Å². The highest BCUT2D eigenvalue weighted by Crippen LogP contribution is 2.24. The maximum atomic E-state index is 12.3. The molecule has 0 fully saturated rings. The van der Waals surface area contributed by atoms with E-state index in [9.17, 15) is 13.2 Å². The van der Waals surface area contributed by atoms with Gasteiger partial charge in [0.2, 0.25) is 10.0 Å². The molecule has 0 bridgehead atoms. The molecule has 0 saturated carbocycles. The highest BCUT2D eigenvalue weighted by Gasteiger charge is 2.31. The number of rotatable bonds is 5. The fraction of sp³-hybridized carbons (Fsp3) is 0.500. The minimum Gasteiger partial charge on any atom is -0.481 e. The van der Waals surface area contributed by atoms with E-state index in [4.69, 9.17) is 5.11 Å². The molecular formula is C14H21NO4S. The molecule has 0 radical (unpaired) electrons. The van der Waals surface area contributed by atoms with Gasteiger partial charge in [-0.05, 0) is 30.0 Å². The van der Waals surface area contributed by atoms with Crippen LogP contribution >= 0.6 is 0 Å². The van der Waals surface area contributed by atoms with E-state index >= 15 is 0 Å². The number of hydrogen-bond acceptors (Lipinski definition) is 3. The molecule has 112 valence electrons. The van der Waals surface area contributed by atoms with Crippen molar-refractivity contribution >= 4 is 16.0 Å². The smallest absolute Gasteiger partial charge is 0.304 e. The topological polar surface area (TPSA) is 83.5 Å². The molecule has 0 aliphatic rings. The summed E-state index contributed by atoms with van der Waals surface area (Å²) in [7, 11) is -3.72. The van der Waals surface area contributed by atoms with Gasteiger partial charge in [-0.1, -0.05) is 32.9 Å². The second kappa shape index (κ2) is 5.93. The number of sulfonamides is 1. The van der Waals surface area contributed by atoms with Crippen LogP contribution in [0.4, 0.5) is 0 Å². The van der Waals surface area contributed by atoms with Gasteiger partial charge in [0, 0.05) is 6.04 Å². The normalized spacial score (nSPS) is 14.0. The summed E-state index contributed by atoms with van der Waals surface area (Å²) >= 11 is 0. The molecule has 0 aliphatic heterocycles. The summed E-state index contributed by atoms with van der Waals surface area (Å²) in [6.45, 7) is 7.22. The predicted molar refractivity (Wildman–Crippen MR) is 77.0 cm³/mol. The molecule has 0 aliphatic carbocycles. The number of hydrogen-bond donors (Lipinski definition) is 2. The molecule has 5 nitrogen and oxygen atoms in total. The van der Waals surface area contributed by atoms with Crippen LogP contribution in [0.25, 0.3) is 0 Å². The Hall–Kier alpha value is -1.40. The largest absolute Gasteiger partial charge is 0.481 e. The number of carboxylic acids is 1. The van der Waals surface area contributed by atoms with E-state index < -0.39 is 27.4 Å². The van der Waals surface area contributed by atoms with Crippen molar-refractivity contribution in [1.82, 2.24) is 4.72 Å². The summed E-state index contributed by atoms with van der Waals surface area (Å²) in [5, 5.41) is 8.92. The average molecular weight is 299 g/mol. The van der Waals surface area contributed by atoms with E-state index in [-0.39, 0.29) is 11.3 Å². The fourth-order valence-electron chi connectivity index (χ4n) is 1.74. The first kappa shape index (κ1) is 16.7. The van der Waals surface area contributed by atoms with E-state index in [0.29, 0.717) is 0 Å². The highest BCUT2D eigenvalue weighted by molar-refractivity contribution is 7.89. The zero-order valence-corrected chi connectivity index (χ0v) is 13.0. The monoisotopic (exact) mass is 299 g/mol. The van der Waals surface area contributed by atoms with Crippen LogP contribution in [-0.4, -0.2) is 25.5 Å². The Labute approximate surface area is 120 Å². The van der Waals surface area contributed by atoms with Gasteiger partial charge in [0.15, 0.2) is 0 Å². The molecule has 0 heterocycles. The van der Waals surface area contributed by atoms with Gasteiger partial charge in [-0.3, -0.25) is 4.79 Å². The van der Waals surface area contributed by atoms with Gasteiger partial charge < -0.3 is 5.11 Å². The summed E-state index contributed by atoms with van der Waals surface area (Å²) < 4.78 is 27.1. The average Bonchev–Trinajstić information content (AvgIpc) is 2.26. The van der Waals surface area contributed by atoms with Crippen molar-refractivity contribution < 1.29 is 18.3 Å². The third-order valence-corrected chi connectivity index (χ3v) is 4.49. The van der Waals surface area contributed by atoms with Crippen LogP contribution < -0.4 is 4.72 Å². The molecule has 6 heteroatoms. The van der Waals surface area contributed by atoms with Crippen LogP contribution in [0.15, 0.2) is 29.2 Å². The van der Waals surface area contributed by atoms with Crippen molar-refractivity contribution in [3.63, 3.8) is 0 Å². The van der Waals surface area contributed by atoms with Crippen LogP contribution in [0.1, 0.15) is 32.8 Å². The Morgan fingerprint density at radius 2 is 1.95 bits per heavy atom. The van der Waals surface area contributed by atoms with E-state index in [1.165, 1.54) is 6.07 Å². The molecule has 1 aromatic rings. The first-order valence-electron chi connectivity index (χ1n) is 6.33. The molecule has 2 N–H and O–H groups in total. The van der Waals surface area contributed by atoms with Crippen molar-refractivity contribution in [2.45, 2.75) is 45.1 Å². The molecule has 1 unspecified atom stereocenters. The van der Waals surface area contributed by atoms with E-state index in [1.54, 1.807) is 45.9 Å². The Morgan fingerprint density at radius 1 is 1.35 bits per heavy atom. The molecular weight excluding hydrogens is 278 g/mol. The van der Waals surface area contributed by atoms with E-state index in [0.717, 1.165) is 5.56 Å². The summed E-state index contributed by atoms with van der Waals surface area (Å²) in [6, 6.07) is 5.84. The molecule has 1 rings (SSSR count). The summed E-state index contributed by atoms with van der Waals surface area (Å²) in [4.78, 5) is 11.0. The van der Waals surface area contributed by atoms with Crippen LogP contribution in [0.2, 0.25) is 0 Å². The van der Waals surface area contributed by atoms with Gasteiger partial charge in [0.1, 0.15) is 0 Å². The SMILES string of the molecule is Cc1cccc(S(=O)(=O)NC(CC(=O)O)C(C)(C)C)c1.